The summed E-state index contributed by atoms with van der Waals surface area (Å²) in [6, 6.07) is 15.7. The summed E-state index contributed by atoms with van der Waals surface area (Å²) in [6.07, 6.45) is 1.74. The predicted molar refractivity (Wildman–Crippen MR) is 93.3 cm³/mol. The summed E-state index contributed by atoms with van der Waals surface area (Å²) >= 11 is 0. The Balaban J connectivity index is 2.26. The van der Waals surface area contributed by atoms with E-state index in [0.717, 1.165) is 33.3 Å². The van der Waals surface area contributed by atoms with E-state index in [0.29, 0.717) is 0 Å². The molecule has 1 unspecified atom stereocenters. The number of aromatic amines is 1. The second-order valence-electron chi connectivity index (χ2n) is 5.68. The third kappa shape index (κ3) is 2.88. The number of benzene rings is 2. The molecule has 0 saturated carbocycles. The Morgan fingerprint density at radius 3 is 2.65 bits per heavy atom. The van der Waals surface area contributed by atoms with Gasteiger partial charge in [-0.3, -0.25) is 10.1 Å². The van der Waals surface area contributed by atoms with Gasteiger partial charge in [0, 0.05) is 21.5 Å². The van der Waals surface area contributed by atoms with Crippen LogP contribution in [-0.4, -0.2) is 16.5 Å². The Kier molecular flexibility index (Phi) is 3.98. The van der Waals surface area contributed by atoms with E-state index in [1.54, 1.807) is 6.08 Å². The summed E-state index contributed by atoms with van der Waals surface area (Å²) in [7, 11) is 0. The van der Waals surface area contributed by atoms with Crippen molar-refractivity contribution >= 4 is 17.0 Å². The van der Waals surface area contributed by atoms with E-state index in [2.05, 4.69) is 17.6 Å². The molecule has 2 aromatic carbocycles. The van der Waals surface area contributed by atoms with Gasteiger partial charge in [-0.05, 0) is 36.3 Å². The zero-order chi connectivity index (χ0) is 16.4. The molecule has 1 aromatic heterocycles. The Hall–Kier alpha value is -2.88. The first kappa shape index (κ1) is 15.0. The van der Waals surface area contributed by atoms with E-state index in [1.165, 1.54) is 0 Å². The average molecular weight is 306 g/mol. The normalized spacial score (nSPS) is 12.2. The molecule has 0 fully saturated rings. The molecule has 1 heterocycles. The van der Waals surface area contributed by atoms with Gasteiger partial charge in [0.15, 0.2) is 0 Å². The minimum Gasteiger partial charge on any atom is -0.355 e. The molecule has 3 aromatic rings. The van der Waals surface area contributed by atoms with Gasteiger partial charge in [-0.15, -0.1) is 0 Å². The molecule has 3 rings (SSSR count). The van der Waals surface area contributed by atoms with Gasteiger partial charge in [-0.1, -0.05) is 48.5 Å². The summed E-state index contributed by atoms with van der Waals surface area (Å²) in [5, 5.41) is 12.3. The minimum atomic E-state index is -0.310. The number of aryl methyl sites for hydroxylation is 1. The number of aromatic nitrogens is 1. The molecule has 23 heavy (non-hydrogen) atoms. The van der Waals surface area contributed by atoms with Gasteiger partial charge < -0.3 is 4.98 Å². The molecule has 4 nitrogen and oxygen atoms in total. The van der Waals surface area contributed by atoms with Gasteiger partial charge >= 0.3 is 0 Å². The van der Waals surface area contributed by atoms with Crippen molar-refractivity contribution < 1.29 is 4.92 Å². The number of hydrogen-bond acceptors (Lipinski definition) is 2. The highest BCUT2D eigenvalue weighted by atomic mass is 16.6. The van der Waals surface area contributed by atoms with Gasteiger partial charge in [0.25, 0.3) is 0 Å². The lowest BCUT2D eigenvalue weighted by Crippen LogP contribution is -2.14. The Morgan fingerprint density at radius 1 is 1.26 bits per heavy atom. The molecule has 0 aliphatic carbocycles. The smallest absolute Gasteiger partial charge is 0.214 e. The first-order valence-electron chi connectivity index (χ1n) is 7.51. The number of nitrogens with zero attached hydrogens (tertiary/aromatic N) is 1. The quantitative estimate of drug-likeness (QED) is 0.556. The van der Waals surface area contributed by atoms with E-state index < -0.39 is 0 Å². The van der Waals surface area contributed by atoms with E-state index in [4.69, 9.17) is 0 Å². The molecular weight excluding hydrogens is 288 g/mol. The van der Waals surface area contributed by atoms with Crippen molar-refractivity contribution in [2.45, 2.75) is 12.8 Å². The summed E-state index contributed by atoms with van der Waals surface area (Å²) in [6.45, 7) is 5.74. The zero-order valence-electron chi connectivity index (χ0n) is 13.0. The number of fused-ring (bicyclic) bond motifs is 1. The first-order chi connectivity index (χ1) is 11.1. The topological polar surface area (TPSA) is 58.9 Å². The van der Waals surface area contributed by atoms with Crippen LogP contribution < -0.4 is 0 Å². The van der Waals surface area contributed by atoms with Crippen LogP contribution in [0.5, 0.6) is 0 Å². The van der Waals surface area contributed by atoms with E-state index in [9.17, 15) is 10.1 Å². The lowest BCUT2D eigenvalue weighted by atomic mass is 9.88. The summed E-state index contributed by atoms with van der Waals surface area (Å²) in [5.74, 6) is -0.310. The predicted octanol–water partition coefficient (Wildman–Crippen LogP) is 4.53. The van der Waals surface area contributed by atoms with Crippen molar-refractivity contribution in [3.05, 3.63) is 87.6 Å². The maximum Gasteiger partial charge on any atom is 0.214 e. The first-order valence-corrected chi connectivity index (χ1v) is 7.51. The standard InChI is InChI=1S/C19H18N2O2/c1-3-17-19(15-11-13(2)9-10-18(15)20-17)16(12-21(22)23)14-7-5-4-6-8-14/h3-11,16,20H,1,12H2,2H3. The number of nitro groups is 1. The molecule has 0 bridgehead atoms. The highest BCUT2D eigenvalue weighted by molar-refractivity contribution is 5.88. The lowest BCUT2D eigenvalue weighted by molar-refractivity contribution is -0.481. The van der Waals surface area contributed by atoms with Crippen molar-refractivity contribution in [2.24, 2.45) is 0 Å². The highest BCUT2D eigenvalue weighted by Crippen LogP contribution is 2.35. The van der Waals surface area contributed by atoms with Crippen LogP contribution in [0.15, 0.2) is 55.1 Å². The highest BCUT2D eigenvalue weighted by Gasteiger charge is 2.25. The fourth-order valence-corrected chi connectivity index (χ4v) is 3.08. The van der Waals surface area contributed by atoms with Crippen molar-refractivity contribution in [2.75, 3.05) is 6.54 Å². The second kappa shape index (κ2) is 6.08. The number of hydrogen-bond donors (Lipinski definition) is 1. The van der Waals surface area contributed by atoms with Gasteiger partial charge in [-0.2, -0.15) is 0 Å². The van der Waals surface area contributed by atoms with Gasteiger partial charge in [0.05, 0.1) is 5.92 Å². The largest absolute Gasteiger partial charge is 0.355 e. The van der Waals surface area contributed by atoms with Gasteiger partial charge in [0.1, 0.15) is 0 Å². The monoisotopic (exact) mass is 306 g/mol. The van der Waals surface area contributed by atoms with Crippen molar-refractivity contribution in [3.63, 3.8) is 0 Å². The molecule has 0 aliphatic rings. The number of H-pyrrole nitrogens is 1. The van der Waals surface area contributed by atoms with Crippen LogP contribution in [-0.2, 0) is 0 Å². The molecule has 0 radical (unpaired) electrons. The van der Waals surface area contributed by atoms with Crippen LogP contribution in [0.4, 0.5) is 0 Å². The maximum absolute atomic E-state index is 11.3. The molecule has 0 spiro atoms. The van der Waals surface area contributed by atoms with E-state index >= 15 is 0 Å². The number of nitrogens with one attached hydrogen (secondary N) is 1. The fraction of sp³-hybridized carbons (Fsp3) is 0.158. The molecule has 116 valence electrons. The fourth-order valence-electron chi connectivity index (χ4n) is 3.08. The van der Waals surface area contributed by atoms with Gasteiger partial charge in [0.2, 0.25) is 6.54 Å². The third-order valence-corrected chi connectivity index (χ3v) is 4.11. The molecule has 0 amide bonds. The van der Waals surface area contributed by atoms with Crippen LogP contribution in [0.1, 0.15) is 28.3 Å². The minimum absolute atomic E-state index is 0.147. The molecule has 0 aliphatic heterocycles. The van der Waals surface area contributed by atoms with Crippen LogP contribution in [0.3, 0.4) is 0 Å². The van der Waals surface area contributed by atoms with Crippen LogP contribution in [0.25, 0.3) is 17.0 Å². The number of rotatable bonds is 5. The second-order valence-corrected chi connectivity index (χ2v) is 5.68. The SMILES string of the molecule is C=Cc1[nH]c2ccc(C)cc2c1C(C[N+](=O)[O-])c1ccccc1. The molecule has 1 N–H and O–H groups in total. The van der Waals surface area contributed by atoms with Gasteiger partial charge in [-0.25, -0.2) is 0 Å². The Morgan fingerprint density at radius 2 is 2.00 bits per heavy atom. The lowest BCUT2D eigenvalue weighted by Gasteiger charge is -2.14. The van der Waals surface area contributed by atoms with Crippen molar-refractivity contribution in [1.29, 1.82) is 0 Å². The Labute approximate surface area is 134 Å². The van der Waals surface area contributed by atoms with E-state index in [-0.39, 0.29) is 17.4 Å². The van der Waals surface area contributed by atoms with Crippen molar-refractivity contribution in [1.82, 2.24) is 4.98 Å². The summed E-state index contributed by atoms with van der Waals surface area (Å²) in [4.78, 5) is 14.3. The van der Waals surface area contributed by atoms with Crippen molar-refractivity contribution in [3.8, 4) is 0 Å². The van der Waals surface area contributed by atoms with Crippen LogP contribution in [0.2, 0.25) is 0 Å². The zero-order valence-corrected chi connectivity index (χ0v) is 13.0. The average Bonchev–Trinajstić information content (AvgIpc) is 2.91. The Bertz CT molecular complexity index is 866. The van der Waals surface area contributed by atoms with Crippen LogP contribution >= 0.6 is 0 Å². The molecular formula is C19H18N2O2. The molecule has 4 heteroatoms. The third-order valence-electron chi connectivity index (χ3n) is 4.11. The summed E-state index contributed by atoms with van der Waals surface area (Å²) < 4.78 is 0. The maximum atomic E-state index is 11.3. The van der Waals surface area contributed by atoms with Crippen LogP contribution in [0, 0.1) is 17.0 Å². The summed E-state index contributed by atoms with van der Waals surface area (Å²) in [5.41, 5.74) is 4.84. The van der Waals surface area contributed by atoms with E-state index in [1.807, 2.05) is 49.4 Å². The molecule has 1 atom stereocenters. The molecule has 0 saturated heterocycles.